The molecule has 0 amide bonds. The molecule has 2 aliphatic carbocycles. The molecule has 0 heterocycles. The number of allylic oxidation sites excluding steroid dienone is 1. The summed E-state index contributed by atoms with van der Waals surface area (Å²) in [6.45, 7) is 6.18. The van der Waals surface area contributed by atoms with Gasteiger partial charge in [0.25, 0.3) is 0 Å². The zero-order valence-electron chi connectivity index (χ0n) is 17.7. The normalized spacial score (nSPS) is 30.0. The van der Waals surface area contributed by atoms with Gasteiger partial charge in [0.1, 0.15) is 0 Å². The van der Waals surface area contributed by atoms with Crippen LogP contribution in [0.1, 0.15) is 88.4 Å². The number of benzene rings is 1. The summed E-state index contributed by atoms with van der Waals surface area (Å²) in [5, 5.41) is 0. The Bertz CT molecular complexity index is 540. The number of ether oxygens (including phenoxy) is 1. The van der Waals surface area contributed by atoms with Crippen LogP contribution in [0.15, 0.2) is 36.9 Å². The summed E-state index contributed by atoms with van der Waals surface area (Å²) in [6.07, 6.45) is 17.7. The maximum Gasteiger partial charge on any atom is 0.0818 e. The van der Waals surface area contributed by atoms with Crippen molar-refractivity contribution in [1.82, 2.24) is 0 Å². The maximum absolute atomic E-state index is 5.55. The molecule has 0 bridgehead atoms. The quantitative estimate of drug-likeness (QED) is 0.431. The van der Waals surface area contributed by atoms with Crippen molar-refractivity contribution in [1.29, 1.82) is 0 Å². The van der Waals surface area contributed by atoms with Gasteiger partial charge < -0.3 is 4.74 Å². The van der Waals surface area contributed by atoms with E-state index >= 15 is 0 Å². The third-order valence-electron chi connectivity index (χ3n) is 7.56. The molecule has 1 nitrogen and oxygen atoms in total. The van der Waals surface area contributed by atoms with E-state index in [1.54, 1.807) is 0 Å². The van der Waals surface area contributed by atoms with Gasteiger partial charge in [0, 0.05) is 7.11 Å². The van der Waals surface area contributed by atoms with Crippen LogP contribution in [0.3, 0.4) is 0 Å². The first-order valence-electron chi connectivity index (χ1n) is 11.5. The van der Waals surface area contributed by atoms with Crippen molar-refractivity contribution in [2.75, 3.05) is 7.11 Å². The summed E-state index contributed by atoms with van der Waals surface area (Å²) in [6, 6.07) is 9.17. The van der Waals surface area contributed by atoms with E-state index in [-0.39, 0.29) is 6.10 Å². The fourth-order valence-electron chi connectivity index (χ4n) is 5.61. The molecule has 1 aromatic carbocycles. The van der Waals surface area contributed by atoms with Gasteiger partial charge in [-0.3, -0.25) is 0 Å². The van der Waals surface area contributed by atoms with Gasteiger partial charge in [0.15, 0.2) is 0 Å². The first-order chi connectivity index (χ1) is 13.2. The van der Waals surface area contributed by atoms with Crippen molar-refractivity contribution in [3.8, 4) is 0 Å². The Morgan fingerprint density at radius 3 is 2.07 bits per heavy atom. The topological polar surface area (TPSA) is 9.23 Å². The number of hydrogen-bond acceptors (Lipinski definition) is 1. The summed E-state index contributed by atoms with van der Waals surface area (Å²) >= 11 is 0. The van der Waals surface area contributed by atoms with Crippen LogP contribution in [0, 0.1) is 23.7 Å². The third kappa shape index (κ3) is 5.70. The van der Waals surface area contributed by atoms with E-state index in [2.05, 4.69) is 43.8 Å². The first kappa shape index (κ1) is 20.6. The fourth-order valence-corrected chi connectivity index (χ4v) is 5.61. The van der Waals surface area contributed by atoms with Gasteiger partial charge in [0.05, 0.1) is 6.10 Å². The molecule has 0 saturated heterocycles. The van der Waals surface area contributed by atoms with E-state index < -0.39 is 0 Å². The van der Waals surface area contributed by atoms with Crippen molar-refractivity contribution < 1.29 is 4.74 Å². The second kappa shape index (κ2) is 10.5. The monoisotopic (exact) mass is 368 g/mol. The van der Waals surface area contributed by atoms with Crippen LogP contribution in [0.5, 0.6) is 0 Å². The standard InChI is InChI=1S/C26H40O/c1-4-20-8-14-23(15-9-20)24-16-10-21(11-17-24)6-7-22-12-18-25(19-13-22)26(5-2)27-3/h4,12-13,18-21,23-24,26H,1,5-11,14-17H2,2-3H3/t20-,21?,23-,24?,26?. The summed E-state index contributed by atoms with van der Waals surface area (Å²) in [7, 11) is 1.81. The summed E-state index contributed by atoms with van der Waals surface area (Å²) in [4.78, 5) is 0. The fraction of sp³-hybridized carbons (Fsp3) is 0.692. The smallest absolute Gasteiger partial charge is 0.0818 e. The molecule has 1 heteroatoms. The van der Waals surface area contributed by atoms with E-state index in [9.17, 15) is 0 Å². The molecule has 0 aromatic heterocycles. The molecule has 2 saturated carbocycles. The second-order valence-corrected chi connectivity index (χ2v) is 9.10. The minimum absolute atomic E-state index is 0.246. The van der Waals surface area contributed by atoms with E-state index in [0.29, 0.717) is 0 Å². The van der Waals surface area contributed by atoms with Gasteiger partial charge in [-0.25, -0.2) is 0 Å². The van der Waals surface area contributed by atoms with Crippen LogP contribution in [0.4, 0.5) is 0 Å². The molecule has 2 aliphatic rings. The van der Waals surface area contributed by atoms with Gasteiger partial charge in [-0.2, -0.15) is 0 Å². The number of rotatable bonds is 8. The molecular weight excluding hydrogens is 328 g/mol. The van der Waals surface area contributed by atoms with E-state index in [1.165, 1.54) is 75.3 Å². The molecule has 0 radical (unpaired) electrons. The molecule has 1 atom stereocenters. The highest BCUT2D eigenvalue weighted by Crippen LogP contribution is 2.42. The van der Waals surface area contributed by atoms with E-state index in [1.807, 2.05) is 7.11 Å². The van der Waals surface area contributed by atoms with Gasteiger partial charge in [-0.05, 0) is 92.6 Å². The van der Waals surface area contributed by atoms with E-state index in [0.717, 1.165) is 30.1 Å². The maximum atomic E-state index is 5.55. The highest BCUT2D eigenvalue weighted by molar-refractivity contribution is 5.24. The zero-order valence-corrected chi connectivity index (χ0v) is 17.7. The first-order valence-corrected chi connectivity index (χ1v) is 11.5. The summed E-state index contributed by atoms with van der Waals surface area (Å²) in [5.41, 5.74) is 2.81. The van der Waals surface area contributed by atoms with Crippen LogP contribution in [0.2, 0.25) is 0 Å². The number of aryl methyl sites for hydroxylation is 1. The van der Waals surface area contributed by atoms with Crippen molar-refractivity contribution in [2.24, 2.45) is 23.7 Å². The van der Waals surface area contributed by atoms with Crippen molar-refractivity contribution in [2.45, 2.75) is 83.7 Å². The van der Waals surface area contributed by atoms with Gasteiger partial charge in [0.2, 0.25) is 0 Å². The Morgan fingerprint density at radius 1 is 0.963 bits per heavy atom. The van der Waals surface area contributed by atoms with Gasteiger partial charge >= 0.3 is 0 Å². The van der Waals surface area contributed by atoms with Crippen LogP contribution < -0.4 is 0 Å². The number of methoxy groups -OCH3 is 1. The van der Waals surface area contributed by atoms with Crippen LogP contribution in [-0.4, -0.2) is 7.11 Å². The average molecular weight is 369 g/mol. The Morgan fingerprint density at radius 2 is 1.56 bits per heavy atom. The van der Waals surface area contributed by atoms with Crippen LogP contribution in [-0.2, 0) is 11.2 Å². The van der Waals surface area contributed by atoms with Gasteiger partial charge in [-0.15, -0.1) is 6.58 Å². The Hall–Kier alpha value is -1.08. The molecule has 27 heavy (non-hydrogen) atoms. The van der Waals surface area contributed by atoms with Crippen LogP contribution >= 0.6 is 0 Å². The molecule has 0 aliphatic heterocycles. The Balaban J connectivity index is 1.39. The molecule has 1 aromatic rings. The van der Waals surface area contributed by atoms with Gasteiger partial charge in [-0.1, -0.05) is 50.1 Å². The Kier molecular flexibility index (Phi) is 8.00. The third-order valence-corrected chi connectivity index (χ3v) is 7.56. The lowest BCUT2D eigenvalue weighted by molar-refractivity contribution is 0.100. The molecule has 2 fully saturated rings. The zero-order chi connectivity index (χ0) is 19.1. The average Bonchev–Trinajstić information content (AvgIpc) is 2.74. The summed E-state index contributed by atoms with van der Waals surface area (Å²) < 4.78 is 5.55. The predicted molar refractivity (Wildman–Crippen MR) is 116 cm³/mol. The number of hydrogen-bond donors (Lipinski definition) is 0. The molecule has 1 unspecified atom stereocenters. The lowest BCUT2D eigenvalue weighted by Crippen LogP contribution is -2.25. The second-order valence-electron chi connectivity index (χ2n) is 9.10. The molecule has 150 valence electrons. The molecule has 0 N–H and O–H groups in total. The Labute approximate surface area is 167 Å². The molecular formula is C26H40O. The minimum Gasteiger partial charge on any atom is -0.377 e. The largest absolute Gasteiger partial charge is 0.377 e. The lowest BCUT2D eigenvalue weighted by Gasteiger charge is -2.37. The molecule has 3 rings (SSSR count). The highest BCUT2D eigenvalue weighted by Gasteiger charge is 2.30. The predicted octanol–water partition coefficient (Wildman–Crippen LogP) is 7.52. The van der Waals surface area contributed by atoms with Crippen molar-refractivity contribution >= 4 is 0 Å². The lowest BCUT2D eigenvalue weighted by atomic mass is 9.68. The minimum atomic E-state index is 0.246. The summed E-state index contributed by atoms with van der Waals surface area (Å²) in [5.74, 6) is 3.79. The van der Waals surface area contributed by atoms with Crippen LogP contribution in [0.25, 0.3) is 0 Å². The van der Waals surface area contributed by atoms with Crippen molar-refractivity contribution in [3.05, 3.63) is 48.0 Å². The highest BCUT2D eigenvalue weighted by atomic mass is 16.5. The molecule has 0 spiro atoms. The van der Waals surface area contributed by atoms with E-state index in [4.69, 9.17) is 4.74 Å². The van der Waals surface area contributed by atoms with Crippen molar-refractivity contribution in [3.63, 3.8) is 0 Å². The SMILES string of the molecule is C=C[C@H]1CC[C@H](C2CCC(CCc3ccc(C(CC)OC)cc3)CC2)CC1.